The van der Waals surface area contributed by atoms with Crippen LogP contribution in [0.25, 0.3) is 0 Å². The summed E-state index contributed by atoms with van der Waals surface area (Å²) in [5.41, 5.74) is 0.558. The lowest BCUT2D eigenvalue weighted by atomic mass is 10.2. The van der Waals surface area contributed by atoms with Crippen LogP contribution >= 0.6 is 11.3 Å². The van der Waals surface area contributed by atoms with Crippen LogP contribution < -0.4 is 5.56 Å². The van der Waals surface area contributed by atoms with Gasteiger partial charge in [-0.1, -0.05) is 6.07 Å². The Balaban J connectivity index is 1.46. The molecule has 1 atom stereocenters. The van der Waals surface area contributed by atoms with Crippen molar-refractivity contribution >= 4 is 27.1 Å². The minimum atomic E-state index is -3.30. The number of thiophene rings is 1. The first kappa shape index (κ1) is 18.4. The molecule has 0 N–H and O–H groups in total. The van der Waals surface area contributed by atoms with Gasteiger partial charge < -0.3 is 4.90 Å². The number of amides is 1. The van der Waals surface area contributed by atoms with Crippen molar-refractivity contribution in [1.29, 1.82) is 0 Å². The van der Waals surface area contributed by atoms with E-state index >= 15 is 0 Å². The second kappa shape index (κ2) is 7.20. The van der Waals surface area contributed by atoms with Crippen LogP contribution in [0.1, 0.15) is 41.0 Å². The highest BCUT2D eigenvalue weighted by atomic mass is 32.2. The van der Waals surface area contributed by atoms with Gasteiger partial charge in [-0.15, -0.1) is 11.3 Å². The van der Waals surface area contributed by atoms with Gasteiger partial charge in [0.25, 0.3) is 5.56 Å². The molecule has 2 fully saturated rings. The smallest absolute Gasteiger partial charge is 0.254 e. The molecular formula is C18H21N3O4S2. The van der Waals surface area contributed by atoms with Gasteiger partial charge in [0.1, 0.15) is 6.54 Å². The van der Waals surface area contributed by atoms with E-state index in [9.17, 15) is 18.0 Å². The molecule has 1 unspecified atom stereocenters. The Morgan fingerprint density at radius 2 is 2.07 bits per heavy atom. The number of carbonyl (C=O) groups excluding carboxylic acids is 1. The normalized spacial score (nSPS) is 22.4. The summed E-state index contributed by atoms with van der Waals surface area (Å²) in [6.07, 6.45) is 3.92. The van der Waals surface area contributed by atoms with Crippen molar-refractivity contribution < 1.29 is 13.2 Å². The van der Waals surface area contributed by atoms with Crippen molar-refractivity contribution in [2.45, 2.75) is 37.0 Å². The molecule has 1 amide bonds. The average molecular weight is 408 g/mol. The van der Waals surface area contributed by atoms with Gasteiger partial charge in [0.2, 0.25) is 5.91 Å². The molecule has 4 rings (SSSR count). The van der Waals surface area contributed by atoms with Gasteiger partial charge in [-0.3, -0.25) is 14.2 Å². The fourth-order valence-corrected chi connectivity index (χ4v) is 6.40. The Morgan fingerprint density at radius 3 is 2.74 bits per heavy atom. The summed E-state index contributed by atoms with van der Waals surface area (Å²) >= 11 is 1.43. The molecule has 2 aromatic rings. The average Bonchev–Trinajstić information content (AvgIpc) is 3.37. The van der Waals surface area contributed by atoms with E-state index in [-0.39, 0.29) is 30.3 Å². The first-order chi connectivity index (χ1) is 12.9. The molecule has 0 spiro atoms. The SMILES string of the molecule is O=C(Cn1cnc(C2CC2)cc1=O)N1CCC(c2cccs2)S(=O)(=O)CC1. The van der Waals surface area contributed by atoms with Crippen LogP contribution in [0.4, 0.5) is 0 Å². The van der Waals surface area contributed by atoms with Crippen LogP contribution in [0.5, 0.6) is 0 Å². The second-order valence-electron chi connectivity index (χ2n) is 7.09. The van der Waals surface area contributed by atoms with Gasteiger partial charge in [0, 0.05) is 30.0 Å². The van der Waals surface area contributed by atoms with Gasteiger partial charge in [0.15, 0.2) is 9.84 Å². The van der Waals surface area contributed by atoms with Crippen LogP contribution in [0.15, 0.2) is 34.7 Å². The third-order valence-corrected chi connectivity index (χ3v) is 8.40. The first-order valence-corrected chi connectivity index (χ1v) is 11.6. The third kappa shape index (κ3) is 3.98. The standard InChI is InChI=1S/C18H21N3O4S2/c22-17-10-14(13-3-4-13)19-12-21(17)11-18(23)20-6-5-16(15-2-1-8-26-15)27(24,25)9-7-20/h1-2,8,10,12-13,16H,3-7,9,11H2. The highest BCUT2D eigenvalue weighted by molar-refractivity contribution is 7.91. The topological polar surface area (TPSA) is 89.3 Å². The fraction of sp³-hybridized carbons (Fsp3) is 0.500. The predicted molar refractivity (Wildman–Crippen MR) is 103 cm³/mol. The molecule has 7 nitrogen and oxygen atoms in total. The van der Waals surface area contributed by atoms with Crippen LogP contribution in [0.2, 0.25) is 0 Å². The van der Waals surface area contributed by atoms with E-state index in [2.05, 4.69) is 4.98 Å². The molecular weight excluding hydrogens is 386 g/mol. The van der Waals surface area contributed by atoms with Crippen LogP contribution in [-0.2, 0) is 21.2 Å². The number of nitrogens with zero attached hydrogens (tertiary/aromatic N) is 3. The van der Waals surface area contributed by atoms with Crippen molar-refractivity contribution in [2.24, 2.45) is 0 Å². The molecule has 0 aromatic carbocycles. The Bertz CT molecular complexity index is 994. The summed E-state index contributed by atoms with van der Waals surface area (Å²) in [5.74, 6) is 0.0721. The Kier molecular flexibility index (Phi) is 4.90. The Morgan fingerprint density at radius 1 is 1.26 bits per heavy atom. The number of hydrogen-bond donors (Lipinski definition) is 0. The molecule has 1 saturated carbocycles. The number of hydrogen-bond acceptors (Lipinski definition) is 6. The minimum Gasteiger partial charge on any atom is -0.340 e. The van der Waals surface area contributed by atoms with E-state index in [1.54, 1.807) is 4.90 Å². The molecule has 1 aliphatic carbocycles. The monoisotopic (exact) mass is 407 g/mol. The summed E-state index contributed by atoms with van der Waals surface area (Å²) in [7, 11) is -3.30. The molecule has 9 heteroatoms. The molecule has 0 bridgehead atoms. The largest absolute Gasteiger partial charge is 0.340 e. The molecule has 2 aromatic heterocycles. The van der Waals surface area contributed by atoms with Crippen LogP contribution in [0, 0.1) is 0 Å². The van der Waals surface area contributed by atoms with Gasteiger partial charge in [-0.05, 0) is 30.7 Å². The maximum Gasteiger partial charge on any atom is 0.254 e. The molecule has 27 heavy (non-hydrogen) atoms. The van der Waals surface area contributed by atoms with Gasteiger partial charge in [0.05, 0.1) is 23.0 Å². The number of sulfone groups is 1. The molecule has 1 saturated heterocycles. The third-order valence-electron chi connectivity index (χ3n) is 5.16. The molecule has 2 aliphatic rings. The lowest BCUT2D eigenvalue weighted by Gasteiger charge is -2.20. The van der Waals surface area contributed by atoms with E-state index in [4.69, 9.17) is 0 Å². The van der Waals surface area contributed by atoms with Crippen molar-refractivity contribution in [3.05, 3.63) is 50.8 Å². The zero-order chi connectivity index (χ0) is 19.0. The van der Waals surface area contributed by atoms with Gasteiger partial charge >= 0.3 is 0 Å². The quantitative estimate of drug-likeness (QED) is 0.768. The van der Waals surface area contributed by atoms with E-state index in [0.717, 1.165) is 23.4 Å². The molecule has 3 heterocycles. The number of aromatic nitrogens is 2. The first-order valence-electron chi connectivity index (χ1n) is 9.03. The molecule has 1 aliphatic heterocycles. The second-order valence-corrected chi connectivity index (χ2v) is 10.4. The van der Waals surface area contributed by atoms with Crippen LogP contribution in [0.3, 0.4) is 0 Å². The zero-order valence-electron chi connectivity index (χ0n) is 14.8. The summed E-state index contributed by atoms with van der Waals surface area (Å²) in [4.78, 5) is 31.5. The van der Waals surface area contributed by atoms with E-state index in [1.165, 1.54) is 28.3 Å². The van der Waals surface area contributed by atoms with Gasteiger partial charge in [-0.25, -0.2) is 13.4 Å². The fourth-order valence-electron chi connectivity index (χ4n) is 3.39. The molecule has 144 valence electrons. The van der Waals surface area contributed by atoms with Crippen molar-refractivity contribution in [1.82, 2.24) is 14.5 Å². The van der Waals surface area contributed by atoms with Crippen LogP contribution in [-0.4, -0.2) is 47.6 Å². The van der Waals surface area contributed by atoms with E-state index in [1.807, 2.05) is 17.5 Å². The summed E-state index contributed by atoms with van der Waals surface area (Å²) in [5, 5.41) is 1.31. The minimum absolute atomic E-state index is 0.0604. The van der Waals surface area contributed by atoms with E-state index < -0.39 is 15.1 Å². The highest BCUT2D eigenvalue weighted by Gasteiger charge is 2.33. The van der Waals surface area contributed by atoms with Gasteiger partial charge in [-0.2, -0.15) is 0 Å². The zero-order valence-corrected chi connectivity index (χ0v) is 16.4. The number of rotatable bonds is 4. The van der Waals surface area contributed by atoms with E-state index in [0.29, 0.717) is 18.9 Å². The lowest BCUT2D eigenvalue weighted by Crippen LogP contribution is -2.38. The Labute approximate surface area is 161 Å². The summed E-state index contributed by atoms with van der Waals surface area (Å²) in [6.45, 7) is 0.412. The maximum absolute atomic E-state index is 12.7. The number of carbonyl (C=O) groups is 1. The van der Waals surface area contributed by atoms with Crippen molar-refractivity contribution in [3.8, 4) is 0 Å². The Hall–Kier alpha value is -2.00. The molecule has 0 radical (unpaired) electrons. The highest BCUT2D eigenvalue weighted by Crippen LogP contribution is 2.38. The van der Waals surface area contributed by atoms with Crippen molar-refractivity contribution in [3.63, 3.8) is 0 Å². The predicted octanol–water partition coefficient (Wildman–Crippen LogP) is 1.57. The lowest BCUT2D eigenvalue weighted by molar-refractivity contribution is -0.131. The maximum atomic E-state index is 12.7. The summed E-state index contributed by atoms with van der Waals surface area (Å²) < 4.78 is 26.5. The summed E-state index contributed by atoms with van der Waals surface area (Å²) in [6, 6.07) is 5.18. The van der Waals surface area contributed by atoms with Crippen molar-refractivity contribution in [2.75, 3.05) is 18.8 Å².